The van der Waals surface area contributed by atoms with Crippen molar-refractivity contribution in [3.63, 3.8) is 0 Å². The molecule has 4 heteroatoms. The molecule has 1 rings (SSSR count). The van der Waals surface area contributed by atoms with Crippen LogP contribution in [0.15, 0.2) is 12.2 Å². The Labute approximate surface area is 135 Å². The summed E-state index contributed by atoms with van der Waals surface area (Å²) in [5.74, 6) is -0.485. The normalized spacial score (nSPS) is 17.2. The molecule has 0 unspecified atom stereocenters. The Morgan fingerprint density at radius 1 is 1.05 bits per heavy atom. The first-order chi connectivity index (χ1) is 10.7. The van der Waals surface area contributed by atoms with Crippen molar-refractivity contribution in [3.8, 4) is 0 Å². The maximum Gasteiger partial charge on any atom is 0.306 e. The minimum Gasteiger partial charge on any atom is -0.466 e. The molecule has 4 nitrogen and oxygen atoms in total. The van der Waals surface area contributed by atoms with E-state index in [2.05, 4.69) is 19.1 Å². The molecule has 1 heterocycles. The Kier molecular flexibility index (Phi) is 10.2. The van der Waals surface area contributed by atoms with E-state index in [4.69, 9.17) is 14.2 Å². The molecule has 0 spiro atoms. The second kappa shape index (κ2) is 11.7. The molecule has 22 heavy (non-hydrogen) atoms. The lowest BCUT2D eigenvalue weighted by Crippen LogP contribution is -2.29. The molecule has 0 saturated carbocycles. The highest BCUT2D eigenvalue weighted by Gasteiger charge is 2.34. The van der Waals surface area contributed by atoms with Gasteiger partial charge in [0.2, 0.25) is 0 Å². The second-order valence-corrected chi connectivity index (χ2v) is 5.77. The highest BCUT2D eigenvalue weighted by atomic mass is 16.7. The molecule has 0 atom stereocenters. The van der Waals surface area contributed by atoms with Gasteiger partial charge in [0.05, 0.1) is 19.8 Å². The summed E-state index contributed by atoms with van der Waals surface area (Å²) in [5.41, 5.74) is 0. The average molecular weight is 312 g/mol. The van der Waals surface area contributed by atoms with Crippen LogP contribution in [0.3, 0.4) is 0 Å². The first-order valence-electron chi connectivity index (χ1n) is 8.81. The first kappa shape index (κ1) is 19.2. The van der Waals surface area contributed by atoms with Crippen molar-refractivity contribution in [1.29, 1.82) is 0 Å². The maximum absolute atomic E-state index is 11.2. The van der Waals surface area contributed by atoms with E-state index in [9.17, 15) is 4.79 Å². The lowest BCUT2D eigenvalue weighted by Gasteiger charge is -2.27. The van der Waals surface area contributed by atoms with Gasteiger partial charge in [-0.3, -0.25) is 4.79 Å². The monoisotopic (exact) mass is 312 g/mol. The van der Waals surface area contributed by atoms with E-state index >= 15 is 0 Å². The van der Waals surface area contributed by atoms with Gasteiger partial charge in [-0.05, 0) is 26.2 Å². The van der Waals surface area contributed by atoms with Gasteiger partial charge in [0.1, 0.15) is 0 Å². The minimum absolute atomic E-state index is 0.123. The fourth-order valence-corrected chi connectivity index (χ4v) is 2.71. The third-order valence-corrected chi connectivity index (χ3v) is 3.90. The number of unbranched alkanes of at least 4 members (excludes halogenated alkanes) is 3. The van der Waals surface area contributed by atoms with Crippen LogP contribution >= 0.6 is 0 Å². The van der Waals surface area contributed by atoms with Crippen molar-refractivity contribution in [2.45, 2.75) is 77.4 Å². The highest BCUT2D eigenvalue weighted by Crippen LogP contribution is 2.31. The lowest BCUT2D eigenvalue weighted by atomic mass is 10.0. The Morgan fingerprint density at radius 3 is 2.45 bits per heavy atom. The molecule has 0 aromatic rings. The number of esters is 1. The summed E-state index contributed by atoms with van der Waals surface area (Å²) in [7, 11) is 0. The van der Waals surface area contributed by atoms with Gasteiger partial charge < -0.3 is 14.2 Å². The number of carbonyl (C=O) groups excluding carboxylic acids is 1. The fourth-order valence-electron chi connectivity index (χ4n) is 2.71. The summed E-state index contributed by atoms with van der Waals surface area (Å²) in [6, 6.07) is 0. The summed E-state index contributed by atoms with van der Waals surface area (Å²) >= 11 is 0. The summed E-state index contributed by atoms with van der Waals surface area (Å²) in [5, 5.41) is 0. The number of rotatable bonds is 12. The fraction of sp³-hybridized carbons (Fsp3) is 0.833. The van der Waals surface area contributed by atoms with Crippen LogP contribution in [-0.2, 0) is 19.0 Å². The van der Waals surface area contributed by atoms with E-state index < -0.39 is 0 Å². The summed E-state index contributed by atoms with van der Waals surface area (Å²) in [4.78, 5) is 11.2. The van der Waals surface area contributed by atoms with Gasteiger partial charge in [0, 0.05) is 19.3 Å². The largest absolute Gasteiger partial charge is 0.466 e. The van der Waals surface area contributed by atoms with Gasteiger partial charge >= 0.3 is 5.97 Å². The van der Waals surface area contributed by atoms with Crippen molar-refractivity contribution in [2.75, 3.05) is 19.8 Å². The topological polar surface area (TPSA) is 44.8 Å². The Morgan fingerprint density at radius 2 is 1.77 bits per heavy atom. The molecule has 0 bridgehead atoms. The third kappa shape index (κ3) is 7.95. The third-order valence-electron chi connectivity index (χ3n) is 3.90. The molecule has 1 aliphatic rings. The van der Waals surface area contributed by atoms with E-state index in [0.717, 1.165) is 25.7 Å². The first-order valence-corrected chi connectivity index (χ1v) is 8.81. The van der Waals surface area contributed by atoms with E-state index in [-0.39, 0.29) is 11.8 Å². The van der Waals surface area contributed by atoms with Crippen molar-refractivity contribution in [3.05, 3.63) is 12.2 Å². The van der Waals surface area contributed by atoms with Crippen molar-refractivity contribution in [2.24, 2.45) is 0 Å². The predicted octanol–water partition coefficient (Wildman–Crippen LogP) is 4.38. The van der Waals surface area contributed by atoms with Crippen LogP contribution < -0.4 is 0 Å². The van der Waals surface area contributed by atoms with Crippen LogP contribution in [0, 0.1) is 0 Å². The van der Waals surface area contributed by atoms with Crippen LogP contribution in [0.25, 0.3) is 0 Å². The van der Waals surface area contributed by atoms with Crippen molar-refractivity contribution in [1.82, 2.24) is 0 Å². The Bertz CT molecular complexity index is 319. The molecule has 0 amide bonds. The molecule has 1 aliphatic heterocycles. The molecule has 0 aromatic heterocycles. The smallest absolute Gasteiger partial charge is 0.306 e. The van der Waals surface area contributed by atoms with Crippen LogP contribution in [0.1, 0.15) is 71.6 Å². The predicted molar refractivity (Wildman–Crippen MR) is 87.6 cm³/mol. The highest BCUT2D eigenvalue weighted by molar-refractivity contribution is 5.69. The second-order valence-electron chi connectivity index (χ2n) is 5.77. The van der Waals surface area contributed by atoms with Crippen molar-refractivity contribution >= 4 is 5.97 Å². The summed E-state index contributed by atoms with van der Waals surface area (Å²) < 4.78 is 16.6. The van der Waals surface area contributed by atoms with Gasteiger partial charge in [-0.15, -0.1) is 0 Å². The molecule has 0 radical (unpaired) electrons. The van der Waals surface area contributed by atoms with Crippen molar-refractivity contribution < 1.29 is 19.0 Å². The van der Waals surface area contributed by atoms with Crippen LogP contribution in [0.2, 0.25) is 0 Å². The standard InChI is InChI=1S/C18H32O4/c1-3-5-6-10-13-18(21-15-16-22-18)14-11-8-7-9-12-17(19)20-4-2/h7-8H,3-6,9-16H2,1-2H3/b8-7-. The number of allylic oxidation sites excluding steroid dienone is 2. The zero-order valence-electron chi connectivity index (χ0n) is 14.3. The van der Waals surface area contributed by atoms with Gasteiger partial charge in [-0.2, -0.15) is 0 Å². The minimum atomic E-state index is -0.362. The number of carbonyl (C=O) groups is 1. The SMILES string of the molecule is CCCCCCC1(CC/C=C\CCC(=O)OCC)OCCO1. The van der Waals surface area contributed by atoms with E-state index in [1.165, 1.54) is 25.7 Å². The molecular formula is C18H32O4. The van der Waals surface area contributed by atoms with Crippen LogP contribution in [0.5, 0.6) is 0 Å². The Hall–Kier alpha value is -0.870. The average Bonchev–Trinajstić information content (AvgIpc) is 2.97. The molecule has 0 aromatic carbocycles. The lowest BCUT2D eigenvalue weighted by molar-refractivity contribution is -0.167. The maximum atomic E-state index is 11.2. The van der Waals surface area contributed by atoms with E-state index in [1.807, 2.05) is 6.92 Å². The van der Waals surface area contributed by atoms with Gasteiger partial charge in [-0.1, -0.05) is 38.3 Å². The number of ether oxygens (including phenoxy) is 3. The van der Waals surface area contributed by atoms with E-state index in [1.54, 1.807) is 0 Å². The summed E-state index contributed by atoms with van der Waals surface area (Å²) in [6.45, 7) is 5.92. The molecule has 128 valence electrons. The van der Waals surface area contributed by atoms with Crippen LogP contribution in [0.4, 0.5) is 0 Å². The molecular weight excluding hydrogens is 280 g/mol. The molecule has 1 saturated heterocycles. The molecule has 1 fully saturated rings. The van der Waals surface area contributed by atoms with Crippen LogP contribution in [-0.4, -0.2) is 31.6 Å². The quantitative estimate of drug-likeness (QED) is 0.305. The molecule has 0 N–H and O–H groups in total. The van der Waals surface area contributed by atoms with Gasteiger partial charge in [-0.25, -0.2) is 0 Å². The summed E-state index contributed by atoms with van der Waals surface area (Å²) in [6.07, 6.45) is 13.1. The number of hydrogen-bond donors (Lipinski definition) is 0. The van der Waals surface area contributed by atoms with E-state index in [0.29, 0.717) is 26.2 Å². The number of hydrogen-bond acceptors (Lipinski definition) is 4. The van der Waals surface area contributed by atoms with Gasteiger partial charge in [0.15, 0.2) is 5.79 Å². The zero-order valence-corrected chi connectivity index (χ0v) is 14.3. The zero-order chi connectivity index (χ0) is 16.1. The molecule has 0 aliphatic carbocycles. The van der Waals surface area contributed by atoms with Gasteiger partial charge in [0.25, 0.3) is 0 Å². The Balaban J connectivity index is 2.19.